The zero-order chi connectivity index (χ0) is 30.4. The third kappa shape index (κ3) is 7.56. The van der Waals surface area contributed by atoms with E-state index in [1.165, 1.54) is 17.0 Å². The summed E-state index contributed by atoms with van der Waals surface area (Å²) in [7, 11) is -2.38. The molecule has 42 heavy (non-hydrogen) atoms. The van der Waals surface area contributed by atoms with Gasteiger partial charge in [-0.3, -0.25) is 9.52 Å². The van der Waals surface area contributed by atoms with Crippen molar-refractivity contribution >= 4 is 33.3 Å². The first-order valence-corrected chi connectivity index (χ1v) is 15.0. The smallest absolute Gasteiger partial charge is 0.321 e. The minimum absolute atomic E-state index is 0.102. The van der Waals surface area contributed by atoms with Gasteiger partial charge in [0.25, 0.3) is 10.0 Å². The fourth-order valence-corrected chi connectivity index (χ4v) is 5.68. The van der Waals surface area contributed by atoms with Crippen LogP contribution in [0.15, 0.2) is 77.7 Å². The largest absolute Gasteiger partial charge is 0.488 e. The second kappa shape index (κ2) is 13.2. The van der Waals surface area contributed by atoms with Crippen molar-refractivity contribution in [2.75, 3.05) is 36.8 Å². The predicted molar refractivity (Wildman–Crippen MR) is 157 cm³/mol. The standard InChI is InChI=1S/C30H35FN4O6S/c1-20-17-35(21(2)19-36)29(37)16-22-15-25(33-42(39,40)26-12-9-23(31)10-13-26)11-14-27(22)41-28(20)18-34(3)30(38)32-24-7-5-4-6-8-24/h4-15,20-21,28,33,36H,16-19H2,1-3H3,(H,32,38)/t20-,21-,28-/m0/s1. The molecule has 3 N–H and O–H groups in total. The molecule has 224 valence electrons. The van der Waals surface area contributed by atoms with Crippen molar-refractivity contribution in [2.24, 2.45) is 5.92 Å². The number of nitrogens with one attached hydrogen (secondary N) is 2. The predicted octanol–water partition coefficient (Wildman–Crippen LogP) is 3.94. The maximum atomic E-state index is 13.4. The number of likely N-dealkylation sites (N-methyl/N-ethyl adjacent to an activating group) is 1. The Morgan fingerprint density at radius 2 is 1.81 bits per heavy atom. The van der Waals surface area contributed by atoms with Crippen molar-refractivity contribution in [3.05, 3.63) is 84.2 Å². The van der Waals surface area contributed by atoms with Gasteiger partial charge in [0, 0.05) is 36.4 Å². The van der Waals surface area contributed by atoms with Crippen LogP contribution in [-0.2, 0) is 21.2 Å². The van der Waals surface area contributed by atoms with Crippen LogP contribution in [-0.4, -0.2) is 74.2 Å². The van der Waals surface area contributed by atoms with Crippen LogP contribution in [0.25, 0.3) is 0 Å². The van der Waals surface area contributed by atoms with Crippen molar-refractivity contribution in [3.63, 3.8) is 0 Å². The highest BCUT2D eigenvalue weighted by Crippen LogP contribution is 2.30. The summed E-state index contributed by atoms with van der Waals surface area (Å²) in [6.07, 6.45) is -0.647. The molecule has 0 radical (unpaired) electrons. The van der Waals surface area contributed by atoms with E-state index in [1.807, 2.05) is 25.1 Å². The molecule has 0 fully saturated rings. The first-order valence-electron chi connectivity index (χ1n) is 13.5. The van der Waals surface area contributed by atoms with Crippen LogP contribution < -0.4 is 14.8 Å². The molecular weight excluding hydrogens is 563 g/mol. The number of amides is 3. The van der Waals surface area contributed by atoms with Crippen LogP contribution in [0, 0.1) is 11.7 Å². The average molecular weight is 599 g/mol. The number of hydrogen-bond donors (Lipinski definition) is 3. The molecule has 3 atom stereocenters. The topological polar surface area (TPSA) is 128 Å². The molecule has 0 saturated carbocycles. The zero-order valence-corrected chi connectivity index (χ0v) is 24.5. The lowest BCUT2D eigenvalue weighted by Gasteiger charge is -2.34. The molecule has 0 saturated heterocycles. The summed E-state index contributed by atoms with van der Waals surface area (Å²) in [5.74, 6) is -0.684. The number of halogens is 1. The highest BCUT2D eigenvalue weighted by Gasteiger charge is 2.32. The molecule has 0 aromatic heterocycles. The molecule has 3 aromatic carbocycles. The van der Waals surface area contributed by atoms with Gasteiger partial charge in [0.2, 0.25) is 5.91 Å². The molecule has 10 nitrogen and oxygen atoms in total. The van der Waals surface area contributed by atoms with E-state index in [0.717, 1.165) is 24.3 Å². The van der Waals surface area contributed by atoms with Gasteiger partial charge >= 0.3 is 6.03 Å². The quantitative estimate of drug-likeness (QED) is 0.361. The number of fused-ring (bicyclic) bond motifs is 1. The van der Waals surface area contributed by atoms with E-state index < -0.39 is 28.0 Å². The summed E-state index contributed by atoms with van der Waals surface area (Å²) in [6.45, 7) is 3.87. The first-order chi connectivity index (χ1) is 20.0. The second-order valence-corrected chi connectivity index (χ2v) is 12.1. The number of aliphatic hydroxyl groups is 1. The van der Waals surface area contributed by atoms with Crippen LogP contribution in [0.5, 0.6) is 5.75 Å². The van der Waals surface area contributed by atoms with E-state index in [1.54, 1.807) is 37.1 Å². The van der Waals surface area contributed by atoms with Gasteiger partial charge in [0.15, 0.2) is 0 Å². The lowest BCUT2D eigenvalue weighted by Crippen LogP contribution is -2.48. The van der Waals surface area contributed by atoms with Crippen LogP contribution >= 0.6 is 0 Å². The van der Waals surface area contributed by atoms with Crippen molar-refractivity contribution in [1.29, 1.82) is 0 Å². The molecule has 4 rings (SSSR count). The van der Waals surface area contributed by atoms with E-state index in [4.69, 9.17) is 4.74 Å². The maximum absolute atomic E-state index is 13.4. The van der Waals surface area contributed by atoms with E-state index in [0.29, 0.717) is 17.0 Å². The number of carbonyl (C=O) groups is 2. The van der Waals surface area contributed by atoms with Crippen molar-refractivity contribution in [3.8, 4) is 5.75 Å². The minimum Gasteiger partial charge on any atom is -0.488 e. The Labute approximate surface area is 245 Å². The van der Waals surface area contributed by atoms with Crippen molar-refractivity contribution in [1.82, 2.24) is 9.80 Å². The molecule has 0 bridgehead atoms. The van der Waals surface area contributed by atoms with Gasteiger partial charge in [0.05, 0.1) is 30.5 Å². The number of aliphatic hydroxyl groups excluding tert-OH is 1. The van der Waals surface area contributed by atoms with Gasteiger partial charge in [-0.05, 0) is 61.5 Å². The van der Waals surface area contributed by atoms with Crippen LogP contribution in [0.4, 0.5) is 20.6 Å². The summed E-state index contributed by atoms with van der Waals surface area (Å²) in [5.41, 5.74) is 1.27. The summed E-state index contributed by atoms with van der Waals surface area (Å²) in [4.78, 5) is 29.3. The lowest BCUT2D eigenvalue weighted by molar-refractivity contribution is -0.134. The van der Waals surface area contributed by atoms with E-state index in [9.17, 15) is 27.5 Å². The van der Waals surface area contributed by atoms with Crippen molar-refractivity contribution < 1.29 is 32.2 Å². The third-order valence-corrected chi connectivity index (χ3v) is 8.52. The van der Waals surface area contributed by atoms with Gasteiger partial charge in [-0.25, -0.2) is 17.6 Å². The Hall–Kier alpha value is -4.16. The Bertz CT molecular complexity index is 1500. The number of sulfonamides is 1. The van der Waals surface area contributed by atoms with Gasteiger partial charge in [-0.15, -0.1) is 0 Å². The Morgan fingerprint density at radius 3 is 2.48 bits per heavy atom. The van der Waals surface area contributed by atoms with Gasteiger partial charge in [-0.2, -0.15) is 0 Å². The summed E-state index contributed by atoms with van der Waals surface area (Å²) < 4.78 is 48.0. The Balaban J connectivity index is 1.62. The molecule has 12 heteroatoms. The number of anilines is 2. The van der Waals surface area contributed by atoms with Crippen LogP contribution in [0.1, 0.15) is 19.4 Å². The average Bonchev–Trinajstić information content (AvgIpc) is 3.00. The van der Waals surface area contributed by atoms with Crippen LogP contribution in [0.3, 0.4) is 0 Å². The van der Waals surface area contributed by atoms with E-state index in [2.05, 4.69) is 10.0 Å². The number of benzene rings is 3. The minimum atomic E-state index is -4.03. The zero-order valence-electron chi connectivity index (χ0n) is 23.7. The number of para-hydroxylation sites is 1. The number of rotatable bonds is 8. The third-order valence-electron chi connectivity index (χ3n) is 7.12. The normalized spacial score (nSPS) is 18.0. The highest BCUT2D eigenvalue weighted by molar-refractivity contribution is 7.92. The SMILES string of the molecule is C[C@H]1CN([C@@H](C)CO)C(=O)Cc2cc(NS(=O)(=O)c3ccc(F)cc3)ccc2O[C@H]1CN(C)C(=O)Nc1ccccc1. The van der Waals surface area contributed by atoms with Crippen molar-refractivity contribution in [2.45, 2.75) is 37.3 Å². The number of nitrogens with zero attached hydrogens (tertiary/aromatic N) is 2. The number of urea groups is 1. The number of hydrogen-bond acceptors (Lipinski definition) is 6. The van der Waals surface area contributed by atoms with Crippen LogP contribution in [0.2, 0.25) is 0 Å². The summed E-state index contributed by atoms with van der Waals surface area (Å²) in [5, 5.41) is 12.7. The molecule has 0 unspecified atom stereocenters. The Kier molecular flexibility index (Phi) is 9.69. The van der Waals surface area contributed by atoms with Gasteiger partial charge in [-0.1, -0.05) is 25.1 Å². The van der Waals surface area contributed by atoms with Gasteiger partial charge in [0.1, 0.15) is 17.7 Å². The highest BCUT2D eigenvalue weighted by atomic mass is 32.2. The number of carbonyl (C=O) groups excluding carboxylic acids is 2. The summed E-state index contributed by atoms with van der Waals surface area (Å²) >= 11 is 0. The van der Waals surface area contributed by atoms with Gasteiger partial charge < -0.3 is 25.0 Å². The fourth-order valence-electron chi connectivity index (χ4n) is 4.63. The Morgan fingerprint density at radius 1 is 1.12 bits per heavy atom. The molecule has 1 heterocycles. The summed E-state index contributed by atoms with van der Waals surface area (Å²) in [6, 6.07) is 17.3. The monoisotopic (exact) mass is 598 g/mol. The molecule has 1 aliphatic heterocycles. The molecule has 3 aromatic rings. The molecule has 3 amide bonds. The fraction of sp³-hybridized carbons (Fsp3) is 0.333. The second-order valence-electron chi connectivity index (χ2n) is 10.4. The van der Waals surface area contributed by atoms with E-state index in [-0.39, 0.29) is 54.6 Å². The van der Waals surface area contributed by atoms with E-state index >= 15 is 0 Å². The molecule has 1 aliphatic rings. The molecule has 0 spiro atoms. The molecular formula is C30H35FN4O6S. The maximum Gasteiger partial charge on any atom is 0.321 e. The molecule has 0 aliphatic carbocycles. The first kappa shape index (κ1) is 30.8. The lowest BCUT2D eigenvalue weighted by atomic mass is 10.0. The number of ether oxygens (including phenoxy) is 1.